The number of nitrogens with zero attached hydrogens (tertiary/aromatic N) is 1. The molecule has 0 radical (unpaired) electrons. The number of rotatable bonds is 10. The highest BCUT2D eigenvalue weighted by atomic mass is 16.5. The highest BCUT2D eigenvalue weighted by Gasteiger charge is 2.12. The molecule has 0 aliphatic carbocycles. The van der Waals surface area contributed by atoms with Gasteiger partial charge in [-0.05, 0) is 41.9 Å². The Hall–Kier alpha value is -3.17. The largest absolute Gasteiger partial charge is 0.492 e. The van der Waals surface area contributed by atoms with Crippen molar-refractivity contribution in [2.75, 3.05) is 26.2 Å². The van der Waals surface area contributed by atoms with E-state index in [4.69, 9.17) is 4.74 Å². The fourth-order valence-electron chi connectivity index (χ4n) is 3.36. The van der Waals surface area contributed by atoms with E-state index >= 15 is 0 Å². The Bertz CT molecular complexity index is 973. The van der Waals surface area contributed by atoms with Gasteiger partial charge in [-0.3, -0.25) is 4.79 Å². The van der Waals surface area contributed by atoms with Crippen LogP contribution in [-0.2, 0) is 0 Å². The van der Waals surface area contributed by atoms with Gasteiger partial charge in [-0.25, -0.2) is 0 Å². The van der Waals surface area contributed by atoms with Crippen molar-refractivity contribution in [2.45, 2.75) is 13.8 Å². The fourth-order valence-corrected chi connectivity index (χ4v) is 3.36. The van der Waals surface area contributed by atoms with Crippen LogP contribution in [0.4, 0.5) is 0 Å². The average molecular weight is 400 g/mol. The number of carbonyl (C=O) groups is 1. The van der Waals surface area contributed by atoms with Crippen LogP contribution in [0.25, 0.3) is 16.7 Å². The van der Waals surface area contributed by atoms with Gasteiger partial charge in [0.1, 0.15) is 12.4 Å². The summed E-state index contributed by atoms with van der Waals surface area (Å²) in [7, 11) is 0. The molecule has 0 aliphatic rings. The number of ketones is 1. The Morgan fingerprint density at radius 1 is 0.833 bits per heavy atom. The molecule has 0 bridgehead atoms. The van der Waals surface area contributed by atoms with Crippen LogP contribution in [0.2, 0.25) is 0 Å². The molecule has 0 spiro atoms. The van der Waals surface area contributed by atoms with E-state index in [0.29, 0.717) is 17.7 Å². The molecule has 154 valence electrons. The number of hydrogen-bond acceptors (Lipinski definition) is 3. The summed E-state index contributed by atoms with van der Waals surface area (Å²) in [6, 6.07) is 25.3. The monoisotopic (exact) mass is 399 g/mol. The third kappa shape index (κ3) is 5.46. The van der Waals surface area contributed by atoms with Crippen LogP contribution in [0.1, 0.15) is 29.8 Å². The molecule has 0 amide bonds. The molecular weight excluding hydrogens is 370 g/mol. The summed E-state index contributed by atoms with van der Waals surface area (Å²) in [6.07, 6.45) is 0. The number of Topliss-reactive ketones (excluding diaryl/α,β-unsaturated/α-hetero) is 1. The van der Waals surface area contributed by atoms with Crippen LogP contribution in [0.3, 0.4) is 0 Å². The first kappa shape index (κ1) is 21.5. The normalized spacial score (nSPS) is 10.8. The molecule has 0 N–H and O–H groups in total. The maximum Gasteiger partial charge on any atom is 0.193 e. The molecule has 0 heterocycles. The molecule has 0 unspecified atom stereocenters. The summed E-state index contributed by atoms with van der Waals surface area (Å²) in [4.78, 5) is 15.1. The topological polar surface area (TPSA) is 29.5 Å². The Labute approximate surface area is 179 Å². The summed E-state index contributed by atoms with van der Waals surface area (Å²) in [5.74, 6) is 0.804. The van der Waals surface area contributed by atoms with Crippen molar-refractivity contribution in [3.63, 3.8) is 0 Å². The molecule has 0 saturated heterocycles. The van der Waals surface area contributed by atoms with E-state index in [9.17, 15) is 4.79 Å². The molecule has 0 saturated carbocycles. The Morgan fingerprint density at radius 2 is 1.53 bits per heavy atom. The lowest BCUT2D eigenvalue weighted by atomic mass is 9.96. The van der Waals surface area contributed by atoms with Gasteiger partial charge in [-0.2, -0.15) is 0 Å². The van der Waals surface area contributed by atoms with Gasteiger partial charge < -0.3 is 9.64 Å². The second-order valence-electron chi connectivity index (χ2n) is 7.15. The van der Waals surface area contributed by atoms with Gasteiger partial charge >= 0.3 is 0 Å². The van der Waals surface area contributed by atoms with Gasteiger partial charge in [-0.1, -0.05) is 87.2 Å². The van der Waals surface area contributed by atoms with Crippen molar-refractivity contribution in [3.8, 4) is 16.9 Å². The van der Waals surface area contributed by atoms with Crippen molar-refractivity contribution in [1.29, 1.82) is 0 Å². The molecule has 0 fully saturated rings. The molecule has 3 heteroatoms. The van der Waals surface area contributed by atoms with Crippen LogP contribution < -0.4 is 4.74 Å². The standard InChI is InChI=1S/C27H29NO2/c1-4-28(5-2)18-19-30-26-13-9-12-25(20-26)23-14-16-24(17-15-23)27(29)21(3)22-10-7-6-8-11-22/h6-17,20H,3-5,18-19H2,1-2H3. The summed E-state index contributed by atoms with van der Waals surface area (Å²) in [5, 5.41) is 0. The lowest BCUT2D eigenvalue weighted by molar-refractivity contribution is 0.105. The molecule has 30 heavy (non-hydrogen) atoms. The van der Waals surface area contributed by atoms with Crippen molar-refractivity contribution in [3.05, 3.63) is 96.6 Å². The lowest BCUT2D eigenvalue weighted by Crippen LogP contribution is -2.27. The third-order valence-corrected chi connectivity index (χ3v) is 5.28. The third-order valence-electron chi connectivity index (χ3n) is 5.28. The van der Waals surface area contributed by atoms with E-state index in [-0.39, 0.29) is 5.78 Å². The summed E-state index contributed by atoms with van der Waals surface area (Å²) in [5.41, 5.74) is 4.11. The quantitative estimate of drug-likeness (QED) is 0.311. The molecule has 0 aromatic heterocycles. The molecule has 3 nitrogen and oxygen atoms in total. The second-order valence-corrected chi connectivity index (χ2v) is 7.15. The molecule has 0 atom stereocenters. The van der Waals surface area contributed by atoms with Crippen molar-refractivity contribution in [1.82, 2.24) is 4.90 Å². The van der Waals surface area contributed by atoms with Crippen molar-refractivity contribution in [2.24, 2.45) is 0 Å². The predicted octanol–water partition coefficient (Wildman–Crippen LogP) is 5.97. The minimum Gasteiger partial charge on any atom is -0.492 e. The summed E-state index contributed by atoms with van der Waals surface area (Å²) >= 11 is 0. The Kier molecular flexibility index (Phi) is 7.58. The van der Waals surface area contributed by atoms with E-state index in [1.54, 1.807) is 0 Å². The molecule has 3 aromatic carbocycles. The van der Waals surface area contributed by atoms with E-state index in [0.717, 1.165) is 42.1 Å². The number of allylic oxidation sites excluding steroid dienone is 1. The number of likely N-dealkylation sites (N-methyl/N-ethyl adjacent to an activating group) is 1. The summed E-state index contributed by atoms with van der Waals surface area (Å²) in [6.45, 7) is 11.9. The average Bonchev–Trinajstić information content (AvgIpc) is 2.82. The summed E-state index contributed by atoms with van der Waals surface area (Å²) < 4.78 is 5.94. The number of carbonyl (C=O) groups excluding carboxylic acids is 1. The van der Waals surface area contributed by atoms with Crippen molar-refractivity contribution < 1.29 is 9.53 Å². The Morgan fingerprint density at radius 3 is 2.20 bits per heavy atom. The van der Waals surface area contributed by atoms with Crippen LogP contribution in [0.15, 0.2) is 85.4 Å². The fraction of sp³-hybridized carbons (Fsp3) is 0.222. The van der Waals surface area contributed by atoms with Gasteiger partial charge in [0.05, 0.1) is 0 Å². The molecule has 0 aliphatic heterocycles. The van der Waals surface area contributed by atoms with E-state index in [2.05, 4.69) is 31.4 Å². The number of ether oxygens (including phenoxy) is 1. The smallest absolute Gasteiger partial charge is 0.193 e. The minimum absolute atomic E-state index is 0.0544. The van der Waals surface area contributed by atoms with Gasteiger partial charge in [0, 0.05) is 17.7 Å². The molecule has 3 aromatic rings. The minimum atomic E-state index is -0.0544. The van der Waals surface area contributed by atoms with E-state index in [1.165, 1.54) is 0 Å². The van der Waals surface area contributed by atoms with Crippen LogP contribution in [0.5, 0.6) is 5.75 Å². The van der Waals surface area contributed by atoms with Crippen LogP contribution in [0, 0.1) is 0 Å². The zero-order valence-electron chi connectivity index (χ0n) is 17.8. The zero-order chi connectivity index (χ0) is 21.3. The highest BCUT2D eigenvalue weighted by Crippen LogP contribution is 2.25. The maximum atomic E-state index is 12.7. The van der Waals surface area contributed by atoms with Gasteiger partial charge in [-0.15, -0.1) is 0 Å². The predicted molar refractivity (Wildman–Crippen MR) is 125 cm³/mol. The van der Waals surface area contributed by atoms with Gasteiger partial charge in [0.15, 0.2) is 5.78 Å². The molecular formula is C27H29NO2. The van der Waals surface area contributed by atoms with Crippen molar-refractivity contribution >= 4 is 11.4 Å². The second kappa shape index (κ2) is 10.6. The highest BCUT2D eigenvalue weighted by molar-refractivity contribution is 6.28. The lowest BCUT2D eigenvalue weighted by Gasteiger charge is -2.18. The number of hydrogen-bond donors (Lipinski definition) is 0. The number of benzene rings is 3. The van der Waals surface area contributed by atoms with E-state index in [1.807, 2.05) is 72.8 Å². The van der Waals surface area contributed by atoms with Crippen LogP contribution in [-0.4, -0.2) is 36.9 Å². The molecule has 3 rings (SSSR count). The Balaban J connectivity index is 1.67. The first-order valence-corrected chi connectivity index (χ1v) is 10.5. The first-order chi connectivity index (χ1) is 14.6. The van der Waals surface area contributed by atoms with Crippen LogP contribution >= 0.6 is 0 Å². The SMILES string of the molecule is C=C(C(=O)c1ccc(-c2cccc(OCCN(CC)CC)c2)cc1)c1ccccc1. The maximum absolute atomic E-state index is 12.7. The first-order valence-electron chi connectivity index (χ1n) is 10.5. The van der Waals surface area contributed by atoms with E-state index < -0.39 is 0 Å². The zero-order valence-corrected chi connectivity index (χ0v) is 17.8. The van der Waals surface area contributed by atoms with Gasteiger partial charge in [0.2, 0.25) is 0 Å². The van der Waals surface area contributed by atoms with Gasteiger partial charge in [0.25, 0.3) is 0 Å².